The molecule has 2 nitrogen and oxygen atoms in total. The highest BCUT2D eigenvalue weighted by molar-refractivity contribution is 6.30. The number of halogens is 2. The van der Waals surface area contributed by atoms with Gasteiger partial charge < -0.3 is 5.32 Å². The molecule has 1 amide bonds. The van der Waals surface area contributed by atoms with Gasteiger partial charge in [0.05, 0.1) is 5.54 Å². The largest absolute Gasteiger partial charge is 0.347 e. The van der Waals surface area contributed by atoms with Crippen LogP contribution in [0.15, 0.2) is 24.3 Å². The fourth-order valence-electron chi connectivity index (χ4n) is 2.20. The highest BCUT2D eigenvalue weighted by Gasteiger charge is 2.39. The molecule has 17 heavy (non-hydrogen) atoms. The van der Waals surface area contributed by atoms with E-state index in [9.17, 15) is 4.79 Å². The Kier molecular flexibility index (Phi) is 3.95. The summed E-state index contributed by atoms with van der Waals surface area (Å²) >= 11 is 11.4. The summed E-state index contributed by atoms with van der Waals surface area (Å²) in [5.74, 6) is 0.386. The second-order valence-electron chi connectivity index (χ2n) is 4.43. The van der Waals surface area contributed by atoms with Gasteiger partial charge >= 0.3 is 0 Å². The predicted octanol–water partition coefficient (Wildman–Crippen LogP) is 3.46. The molecule has 0 aromatic heterocycles. The first-order valence-corrected chi connectivity index (χ1v) is 6.70. The summed E-state index contributed by atoms with van der Waals surface area (Å²) in [5.41, 5.74) is 0.948. The smallest absolute Gasteiger partial charge is 0.221 e. The highest BCUT2D eigenvalue weighted by Crippen LogP contribution is 2.41. The Morgan fingerprint density at radius 2 is 1.94 bits per heavy atom. The van der Waals surface area contributed by atoms with E-state index in [1.165, 1.54) is 0 Å². The summed E-state index contributed by atoms with van der Waals surface area (Å²) in [6, 6.07) is 7.71. The molecule has 0 spiro atoms. The molecule has 0 bridgehead atoms. The Morgan fingerprint density at radius 1 is 1.29 bits per heavy atom. The molecule has 1 aromatic carbocycles. The Hall–Kier alpha value is -0.730. The lowest BCUT2D eigenvalue weighted by Gasteiger charge is -2.43. The lowest BCUT2D eigenvalue weighted by molar-refractivity contribution is -0.123. The van der Waals surface area contributed by atoms with Crippen molar-refractivity contribution in [2.45, 2.75) is 31.2 Å². The third-order valence-corrected chi connectivity index (χ3v) is 3.75. The van der Waals surface area contributed by atoms with Gasteiger partial charge in [-0.3, -0.25) is 4.79 Å². The van der Waals surface area contributed by atoms with Crippen LogP contribution in [0.1, 0.15) is 31.2 Å². The van der Waals surface area contributed by atoms with E-state index in [1.54, 1.807) is 0 Å². The molecule has 1 fully saturated rings. The number of hydrogen-bond acceptors (Lipinski definition) is 1. The van der Waals surface area contributed by atoms with E-state index in [2.05, 4.69) is 5.32 Å². The molecular weight excluding hydrogens is 257 g/mol. The van der Waals surface area contributed by atoms with E-state index >= 15 is 0 Å². The summed E-state index contributed by atoms with van der Waals surface area (Å²) in [5, 5.41) is 3.82. The molecule has 0 atom stereocenters. The highest BCUT2D eigenvalue weighted by atomic mass is 35.5. The van der Waals surface area contributed by atoms with Crippen LogP contribution in [0.4, 0.5) is 0 Å². The topological polar surface area (TPSA) is 29.1 Å². The molecule has 1 N–H and O–H groups in total. The maximum absolute atomic E-state index is 11.7. The van der Waals surface area contributed by atoms with Crippen molar-refractivity contribution in [3.63, 3.8) is 0 Å². The molecule has 0 aliphatic heterocycles. The summed E-state index contributed by atoms with van der Waals surface area (Å²) < 4.78 is 0. The van der Waals surface area contributed by atoms with Gasteiger partial charge in [-0.2, -0.15) is 0 Å². The summed E-state index contributed by atoms with van der Waals surface area (Å²) in [6.07, 6.45) is 3.49. The second-order valence-corrected chi connectivity index (χ2v) is 5.24. The fraction of sp³-hybridized carbons (Fsp3) is 0.462. The number of carbonyl (C=O) groups excluding carboxylic acids is 1. The van der Waals surface area contributed by atoms with Crippen molar-refractivity contribution < 1.29 is 4.79 Å². The SMILES string of the molecule is O=C(CCCl)NC1(c2ccc(Cl)cc2)CCC1. The summed E-state index contributed by atoms with van der Waals surface area (Å²) in [7, 11) is 0. The van der Waals surface area contributed by atoms with Gasteiger partial charge in [-0.05, 0) is 37.0 Å². The van der Waals surface area contributed by atoms with Crippen molar-refractivity contribution in [3.05, 3.63) is 34.9 Å². The molecule has 0 unspecified atom stereocenters. The molecular formula is C13H15Cl2NO. The van der Waals surface area contributed by atoms with Crippen LogP contribution in [0.25, 0.3) is 0 Å². The lowest BCUT2D eigenvalue weighted by atomic mass is 9.71. The number of carbonyl (C=O) groups is 1. The predicted molar refractivity (Wildman–Crippen MR) is 70.5 cm³/mol. The van der Waals surface area contributed by atoms with Crippen LogP contribution >= 0.6 is 23.2 Å². The standard InChI is InChI=1S/C13H15Cl2NO/c14-9-6-12(17)16-13(7-1-8-13)10-2-4-11(15)5-3-10/h2-5H,1,6-9H2,(H,16,17). The van der Waals surface area contributed by atoms with Gasteiger partial charge in [0.1, 0.15) is 0 Å². The summed E-state index contributed by atoms with van der Waals surface area (Å²) in [4.78, 5) is 11.7. The van der Waals surface area contributed by atoms with Gasteiger partial charge in [0.2, 0.25) is 5.91 Å². The average molecular weight is 272 g/mol. The molecule has 1 aliphatic carbocycles. The number of alkyl halides is 1. The van der Waals surface area contributed by atoms with E-state index in [1.807, 2.05) is 24.3 Å². The van der Waals surface area contributed by atoms with Crippen LogP contribution < -0.4 is 5.32 Å². The van der Waals surface area contributed by atoms with Crippen LogP contribution in [0.3, 0.4) is 0 Å². The Labute approximate surface area is 111 Å². The summed E-state index contributed by atoms with van der Waals surface area (Å²) in [6.45, 7) is 0. The number of amides is 1. The first kappa shape index (κ1) is 12.7. The van der Waals surface area contributed by atoms with Crippen molar-refractivity contribution in [1.82, 2.24) is 5.32 Å². The minimum absolute atomic E-state index is 0.0228. The van der Waals surface area contributed by atoms with Gasteiger partial charge in [-0.1, -0.05) is 23.7 Å². The van der Waals surface area contributed by atoms with Crippen molar-refractivity contribution in [2.75, 3.05) is 5.88 Å². The first-order valence-electron chi connectivity index (χ1n) is 5.79. The van der Waals surface area contributed by atoms with Gasteiger partial charge in [0.25, 0.3) is 0 Å². The molecule has 1 aliphatic rings. The van der Waals surface area contributed by atoms with E-state index in [0.717, 1.165) is 29.8 Å². The molecule has 0 radical (unpaired) electrons. The van der Waals surface area contributed by atoms with Gasteiger partial charge in [-0.25, -0.2) is 0 Å². The third kappa shape index (κ3) is 2.75. The zero-order chi connectivity index (χ0) is 12.3. The average Bonchev–Trinajstić information content (AvgIpc) is 2.25. The number of benzene rings is 1. The second kappa shape index (κ2) is 5.28. The molecule has 1 saturated carbocycles. The van der Waals surface area contributed by atoms with E-state index in [-0.39, 0.29) is 11.4 Å². The van der Waals surface area contributed by atoms with Gasteiger partial charge in [-0.15, -0.1) is 11.6 Å². The molecule has 2 rings (SSSR count). The van der Waals surface area contributed by atoms with Crippen molar-refractivity contribution in [3.8, 4) is 0 Å². The van der Waals surface area contributed by atoms with E-state index in [0.29, 0.717) is 12.3 Å². The molecule has 92 valence electrons. The fourth-order valence-corrected chi connectivity index (χ4v) is 2.50. The maximum atomic E-state index is 11.7. The first-order chi connectivity index (χ1) is 8.16. The molecule has 4 heteroatoms. The molecule has 1 aromatic rings. The maximum Gasteiger partial charge on any atom is 0.221 e. The van der Waals surface area contributed by atoms with Crippen LogP contribution in [0.2, 0.25) is 5.02 Å². The van der Waals surface area contributed by atoms with E-state index in [4.69, 9.17) is 23.2 Å². The third-order valence-electron chi connectivity index (χ3n) is 3.30. The minimum atomic E-state index is -0.187. The van der Waals surface area contributed by atoms with Crippen LogP contribution in [0.5, 0.6) is 0 Å². The van der Waals surface area contributed by atoms with Crippen LogP contribution in [-0.4, -0.2) is 11.8 Å². The number of rotatable bonds is 4. The zero-order valence-corrected chi connectivity index (χ0v) is 11.0. The number of nitrogens with one attached hydrogen (secondary N) is 1. The van der Waals surface area contributed by atoms with Crippen LogP contribution in [-0.2, 0) is 10.3 Å². The normalized spacial score (nSPS) is 17.3. The Balaban J connectivity index is 2.14. The van der Waals surface area contributed by atoms with Crippen LogP contribution in [0, 0.1) is 0 Å². The van der Waals surface area contributed by atoms with Crippen molar-refractivity contribution >= 4 is 29.1 Å². The lowest BCUT2D eigenvalue weighted by Crippen LogP contribution is -2.50. The quantitative estimate of drug-likeness (QED) is 0.835. The van der Waals surface area contributed by atoms with Gasteiger partial charge in [0.15, 0.2) is 0 Å². The minimum Gasteiger partial charge on any atom is -0.347 e. The Morgan fingerprint density at radius 3 is 2.41 bits per heavy atom. The van der Waals surface area contributed by atoms with Crippen molar-refractivity contribution in [2.24, 2.45) is 0 Å². The molecule has 0 saturated heterocycles. The molecule has 0 heterocycles. The zero-order valence-electron chi connectivity index (χ0n) is 9.51. The Bertz CT molecular complexity index is 398. The monoisotopic (exact) mass is 271 g/mol. The van der Waals surface area contributed by atoms with Gasteiger partial charge in [0, 0.05) is 17.3 Å². The van der Waals surface area contributed by atoms with E-state index < -0.39 is 0 Å². The van der Waals surface area contributed by atoms with Crippen molar-refractivity contribution in [1.29, 1.82) is 0 Å². The number of hydrogen-bond donors (Lipinski definition) is 1.